The van der Waals surface area contributed by atoms with Crippen molar-refractivity contribution in [2.24, 2.45) is 0 Å². The van der Waals surface area contributed by atoms with Crippen molar-refractivity contribution in [3.8, 4) is 0 Å². The molecule has 2 amide bonds. The Morgan fingerprint density at radius 2 is 1.94 bits per heavy atom. The van der Waals surface area contributed by atoms with Gasteiger partial charge in [0.15, 0.2) is 0 Å². The fourth-order valence-corrected chi connectivity index (χ4v) is 1.66. The van der Waals surface area contributed by atoms with Crippen LogP contribution in [0.5, 0.6) is 0 Å². The number of aliphatic carboxylic acids is 1. The highest BCUT2D eigenvalue weighted by Gasteiger charge is 2.14. The molecule has 1 unspecified atom stereocenters. The van der Waals surface area contributed by atoms with Crippen LogP contribution in [0.25, 0.3) is 0 Å². The van der Waals surface area contributed by atoms with Crippen LogP contribution in [-0.4, -0.2) is 23.1 Å². The zero-order valence-electron chi connectivity index (χ0n) is 10.3. The lowest BCUT2D eigenvalue weighted by Gasteiger charge is -2.16. The molecule has 0 saturated carbocycles. The highest BCUT2D eigenvalue weighted by atomic mass is 16.4. The van der Waals surface area contributed by atoms with E-state index in [1.54, 1.807) is 12.1 Å². The van der Waals surface area contributed by atoms with Crippen molar-refractivity contribution in [3.63, 3.8) is 0 Å². The van der Waals surface area contributed by atoms with Gasteiger partial charge in [-0.2, -0.15) is 0 Å². The zero-order valence-corrected chi connectivity index (χ0v) is 10.3. The van der Waals surface area contributed by atoms with Crippen LogP contribution in [0.15, 0.2) is 30.3 Å². The second kappa shape index (κ2) is 7.32. The molecule has 0 fully saturated rings. The van der Waals surface area contributed by atoms with Gasteiger partial charge in [0.1, 0.15) is 0 Å². The van der Waals surface area contributed by atoms with Gasteiger partial charge in [0.05, 0.1) is 6.42 Å². The van der Waals surface area contributed by atoms with Gasteiger partial charge in [-0.3, -0.25) is 4.79 Å². The first-order valence-electron chi connectivity index (χ1n) is 5.96. The standard InChI is InChI=1S/C13H18N2O3/c1-2-6-11(9-12(16)17)15-13(18)14-10-7-4-3-5-8-10/h3-5,7-8,11H,2,6,9H2,1H3,(H,16,17)(H2,14,15,18). The van der Waals surface area contributed by atoms with Crippen LogP contribution in [0.1, 0.15) is 26.2 Å². The number of nitrogens with one attached hydrogen (secondary N) is 2. The number of carboxylic acid groups (broad SMARTS) is 1. The summed E-state index contributed by atoms with van der Waals surface area (Å²) in [4.78, 5) is 22.3. The lowest BCUT2D eigenvalue weighted by Crippen LogP contribution is -2.39. The summed E-state index contributed by atoms with van der Waals surface area (Å²) in [5, 5.41) is 14.1. The van der Waals surface area contributed by atoms with E-state index in [1.165, 1.54) is 0 Å². The van der Waals surface area contributed by atoms with Crippen molar-refractivity contribution >= 4 is 17.7 Å². The van der Waals surface area contributed by atoms with Crippen LogP contribution in [0, 0.1) is 0 Å². The highest BCUT2D eigenvalue weighted by Crippen LogP contribution is 2.06. The Labute approximate surface area is 106 Å². The predicted octanol–water partition coefficient (Wildman–Crippen LogP) is 2.45. The summed E-state index contributed by atoms with van der Waals surface area (Å²) in [6.07, 6.45) is 1.41. The third kappa shape index (κ3) is 5.34. The molecule has 98 valence electrons. The summed E-state index contributed by atoms with van der Waals surface area (Å²) in [5.41, 5.74) is 0.681. The fraction of sp³-hybridized carbons (Fsp3) is 0.385. The molecule has 0 spiro atoms. The number of amides is 2. The molecule has 5 heteroatoms. The van der Waals surface area contributed by atoms with Crippen molar-refractivity contribution in [1.82, 2.24) is 5.32 Å². The number of urea groups is 1. The molecule has 0 heterocycles. The predicted molar refractivity (Wildman–Crippen MR) is 69.5 cm³/mol. The van der Waals surface area contributed by atoms with Crippen molar-refractivity contribution in [3.05, 3.63) is 30.3 Å². The summed E-state index contributed by atoms with van der Waals surface area (Å²) in [7, 11) is 0. The highest BCUT2D eigenvalue weighted by molar-refractivity contribution is 5.89. The fourth-order valence-electron chi connectivity index (χ4n) is 1.66. The number of benzene rings is 1. The Morgan fingerprint density at radius 3 is 2.50 bits per heavy atom. The quantitative estimate of drug-likeness (QED) is 0.725. The van der Waals surface area contributed by atoms with Crippen molar-refractivity contribution < 1.29 is 14.7 Å². The molecule has 1 atom stereocenters. The van der Waals surface area contributed by atoms with Crippen molar-refractivity contribution in [2.45, 2.75) is 32.2 Å². The minimum Gasteiger partial charge on any atom is -0.481 e. The van der Waals surface area contributed by atoms with Gasteiger partial charge < -0.3 is 15.7 Å². The molecule has 0 aliphatic rings. The summed E-state index contributed by atoms with van der Waals surface area (Å²) >= 11 is 0. The zero-order chi connectivity index (χ0) is 13.4. The largest absolute Gasteiger partial charge is 0.481 e. The number of carboxylic acids is 1. The smallest absolute Gasteiger partial charge is 0.319 e. The SMILES string of the molecule is CCCC(CC(=O)O)NC(=O)Nc1ccccc1. The van der Waals surface area contributed by atoms with Gasteiger partial charge in [0.2, 0.25) is 0 Å². The van der Waals surface area contributed by atoms with E-state index < -0.39 is 5.97 Å². The van der Waals surface area contributed by atoms with E-state index >= 15 is 0 Å². The van der Waals surface area contributed by atoms with Gasteiger partial charge in [-0.25, -0.2) is 4.79 Å². The second-order valence-corrected chi connectivity index (χ2v) is 4.05. The van der Waals surface area contributed by atoms with E-state index in [1.807, 2.05) is 25.1 Å². The van der Waals surface area contributed by atoms with Gasteiger partial charge in [0, 0.05) is 11.7 Å². The maximum absolute atomic E-state index is 11.7. The molecular formula is C13H18N2O3. The Morgan fingerprint density at radius 1 is 1.28 bits per heavy atom. The minimum absolute atomic E-state index is 0.0595. The molecule has 0 aromatic heterocycles. The average Bonchev–Trinajstić information content (AvgIpc) is 2.29. The Hall–Kier alpha value is -2.04. The van der Waals surface area contributed by atoms with E-state index in [-0.39, 0.29) is 18.5 Å². The normalized spacial score (nSPS) is 11.6. The molecule has 1 aromatic carbocycles. The van der Waals surface area contributed by atoms with E-state index in [9.17, 15) is 9.59 Å². The molecule has 5 nitrogen and oxygen atoms in total. The average molecular weight is 250 g/mol. The van der Waals surface area contributed by atoms with Crippen LogP contribution in [0.4, 0.5) is 10.5 Å². The lowest BCUT2D eigenvalue weighted by atomic mass is 10.1. The van der Waals surface area contributed by atoms with Crippen LogP contribution in [0.3, 0.4) is 0 Å². The number of carbonyl (C=O) groups excluding carboxylic acids is 1. The number of hydrogen-bond donors (Lipinski definition) is 3. The number of hydrogen-bond acceptors (Lipinski definition) is 2. The third-order valence-electron chi connectivity index (χ3n) is 2.43. The number of para-hydroxylation sites is 1. The first kappa shape index (κ1) is 14.0. The van der Waals surface area contributed by atoms with Crippen molar-refractivity contribution in [1.29, 1.82) is 0 Å². The van der Waals surface area contributed by atoms with E-state index in [0.717, 1.165) is 6.42 Å². The molecule has 0 saturated heterocycles. The molecular weight excluding hydrogens is 232 g/mol. The first-order valence-corrected chi connectivity index (χ1v) is 5.96. The number of anilines is 1. The summed E-state index contributed by atoms with van der Waals surface area (Å²) < 4.78 is 0. The third-order valence-corrected chi connectivity index (χ3v) is 2.43. The molecule has 1 rings (SSSR count). The second-order valence-electron chi connectivity index (χ2n) is 4.05. The molecule has 18 heavy (non-hydrogen) atoms. The molecule has 3 N–H and O–H groups in total. The molecule has 0 aliphatic heterocycles. The summed E-state index contributed by atoms with van der Waals surface area (Å²) in [5.74, 6) is -0.909. The number of carbonyl (C=O) groups is 2. The summed E-state index contributed by atoms with van der Waals surface area (Å²) in [6.45, 7) is 1.95. The molecule has 1 aromatic rings. The molecule has 0 aliphatic carbocycles. The Kier molecular flexibility index (Phi) is 5.70. The summed E-state index contributed by atoms with van der Waals surface area (Å²) in [6, 6.07) is 8.31. The molecule has 0 radical (unpaired) electrons. The number of rotatable bonds is 6. The Bertz CT molecular complexity index is 392. The minimum atomic E-state index is -0.909. The van der Waals surface area contributed by atoms with Gasteiger partial charge in [0.25, 0.3) is 0 Å². The van der Waals surface area contributed by atoms with E-state index in [2.05, 4.69) is 10.6 Å². The maximum atomic E-state index is 11.7. The topological polar surface area (TPSA) is 78.4 Å². The van der Waals surface area contributed by atoms with Gasteiger partial charge >= 0.3 is 12.0 Å². The monoisotopic (exact) mass is 250 g/mol. The van der Waals surface area contributed by atoms with Crippen LogP contribution < -0.4 is 10.6 Å². The lowest BCUT2D eigenvalue weighted by molar-refractivity contribution is -0.137. The Balaban J connectivity index is 2.48. The van der Waals surface area contributed by atoms with Gasteiger partial charge in [-0.15, -0.1) is 0 Å². The van der Waals surface area contributed by atoms with Gasteiger partial charge in [-0.1, -0.05) is 31.5 Å². The van der Waals surface area contributed by atoms with E-state index in [4.69, 9.17) is 5.11 Å². The molecule has 0 bridgehead atoms. The van der Waals surface area contributed by atoms with Crippen LogP contribution in [-0.2, 0) is 4.79 Å². The van der Waals surface area contributed by atoms with E-state index in [0.29, 0.717) is 12.1 Å². The first-order chi connectivity index (χ1) is 8.61. The van der Waals surface area contributed by atoms with Gasteiger partial charge in [-0.05, 0) is 18.6 Å². The van der Waals surface area contributed by atoms with Crippen LogP contribution in [0.2, 0.25) is 0 Å². The maximum Gasteiger partial charge on any atom is 0.319 e. The van der Waals surface area contributed by atoms with Crippen LogP contribution >= 0.6 is 0 Å². The van der Waals surface area contributed by atoms with Crippen molar-refractivity contribution in [2.75, 3.05) is 5.32 Å².